The lowest BCUT2D eigenvalue weighted by molar-refractivity contribution is -0.126. The van der Waals surface area contributed by atoms with Crippen LogP contribution >= 0.6 is 0 Å². The number of hydrogen-bond acceptors (Lipinski definition) is 5. The highest BCUT2D eigenvalue weighted by Crippen LogP contribution is 2.25. The average molecular weight is 393 g/mol. The fourth-order valence-electron chi connectivity index (χ4n) is 3.96. The van der Waals surface area contributed by atoms with Gasteiger partial charge in [-0.15, -0.1) is 0 Å². The number of para-hydroxylation sites is 2. The minimum Gasteiger partial charge on any atom is -0.346 e. The molecular weight excluding hydrogens is 364 g/mol. The molecule has 0 saturated carbocycles. The molecule has 4 rings (SSSR count). The van der Waals surface area contributed by atoms with Gasteiger partial charge in [-0.3, -0.25) is 4.79 Å². The van der Waals surface area contributed by atoms with Crippen LogP contribution in [0.2, 0.25) is 0 Å². The summed E-state index contributed by atoms with van der Waals surface area (Å²) in [6.07, 6.45) is 6.15. The van der Waals surface area contributed by atoms with Crippen LogP contribution in [0.1, 0.15) is 45.0 Å². The lowest BCUT2D eigenvalue weighted by Gasteiger charge is -2.32. The molecule has 29 heavy (non-hydrogen) atoms. The molecular formula is C22H28N6O. The summed E-state index contributed by atoms with van der Waals surface area (Å²) < 4.78 is 0. The fraction of sp³-hybridized carbons (Fsp3) is 0.455. The van der Waals surface area contributed by atoms with E-state index in [4.69, 9.17) is 4.98 Å². The molecule has 0 spiro atoms. The van der Waals surface area contributed by atoms with Gasteiger partial charge in [0, 0.05) is 25.5 Å². The molecule has 152 valence electrons. The van der Waals surface area contributed by atoms with Crippen molar-refractivity contribution in [2.75, 3.05) is 18.0 Å². The van der Waals surface area contributed by atoms with Gasteiger partial charge in [0.15, 0.2) is 0 Å². The largest absolute Gasteiger partial charge is 0.346 e. The average Bonchev–Trinajstić information content (AvgIpc) is 3.18. The second-order valence-electron chi connectivity index (χ2n) is 8.16. The Morgan fingerprint density at radius 2 is 2.03 bits per heavy atom. The normalized spacial score (nSPS) is 18.2. The predicted octanol–water partition coefficient (Wildman–Crippen LogP) is 3.47. The van der Waals surface area contributed by atoms with Gasteiger partial charge in [-0.05, 0) is 43.4 Å². The van der Waals surface area contributed by atoms with Crippen LogP contribution in [-0.4, -0.2) is 38.9 Å². The minimum absolute atomic E-state index is 0.0772. The number of aromatic amines is 1. The Morgan fingerprint density at radius 3 is 2.79 bits per heavy atom. The predicted molar refractivity (Wildman–Crippen MR) is 113 cm³/mol. The summed E-state index contributed by atoms with van der Waals surface area (Å²) in [6, 6.07) is 9.65. The van der Waals surface area contributed by atoms with Crippen LogP contribution in [0.3, 0.4) is 0 Å². The van der Waals surface area contributed by atoms with E-state index < -0.39 is 0 Å². The quantitative estimate of drug-likeness (QED) is 0.671. The van der Waals surface area contributed by atoms with E-state index in [1.54, 1.807) is 12.4 Å². The van der Waals surface area contributed by atoms with Crippen molar-refractivity contribution in [3.8, 4) is 0 Å². The SMILES string of the molecule is CC(C)C[C@@H](NC(=O)[C@H]1CCCN(c2ncccn2)C1)c1nc2ccccc2[nH]1. The third-order valence-corrected chi connectivity index (χ3v) is 5.39. The Kier molecular flexibility index (Phi) is 5.74. The van der Waals surface area contributed by atoms with Crippen LogP contribution in [-0.2, 0) is 4.79 Å². The number of anilines is 1. The zero-order valence-corrected chi connectivity index (χ0v) is 17.0. The molecule has 0 unspecified atom stereocenters. The number of aromatic nitrogens is 4. The first-order valence-electron chi connectivity index (χ1n) is 10.4. The third kappa shape index (κ3) is 4.55. The van der Waals surface area contributed by atoms with Crippen LogP contribution in [0.4, 0.5) is 5.95 Å². The van der Waals surface area contributed by atoms with E-state index >= 15 is 0 Å². The molecule has 1 aliphatic rings. The van der Waals surface area contributed by atoms with Crippen molar-refractivity contribution < 1.29 is 4.79 Å². The molecule has 0 bridgehead atoms. The fourth-order valence-corrected chi connectivity index (χ4v) is 3.96. The highest BCUT2D eigenvalue weighted by molar-refractivity contribution is 5.80. The second-order valence-corrected chi connectivity index (χ2v) is 8.16. The van der Waals surface area contributed by atoms with E-state index in [1.165, 1.54) is 0 Å². The number of carbonyl (C=O) groups is 1. The second kappa shape index (κ2) is 8.59. The van der Waals surface area contributed by atoms with Gasteiger partial charge in [-0.2, -0.15) is 0 Å². The minimum atomic E-state index is -0.127. The van der Waals surface area contributed by atoms with Crippen LogP contribution in [0.15, 0.2) is 42.7 Å². The molecule has 1 aromatic carbocycles. The molecule has 1 aliphatic heterocycles. The summed E-state index contributed by atoms with van der Waals surface area (Å²) in [5, 5.41) is 3.27. The van der Waals surface area contributed by atoms with Crippen LogP contribution in [0.5, 0.6) is 0 Å². The van der Waals surface area contributed by atoms with Gasteiger partial charge in [0.1, 0.15) is 5.82 Å². The topological polar surface area (TPSA) is 86.8 Å². The zero-order valence-electron chi connectivity index (χ0n) is 17.0. The Hall–Kier alpha value is -2.96. The molecule has 1 fully saturated rings. The molecule has 2 atom stereocenters. The Bertz CT molecular complexity index is 921. The first-order valence-corrected chi connectivity index (χ1v) is 10.4. The molecule has 7 nitrogen and oxygen atoms in total. The van der Waals surface area contributed by atoms with Crippen molar-refractivity contribution in [1.29, 1.82) is 0 Å². The summed E-state index contributed by atoms with van der Waals surface area (Å²) in [5.74, 6) is 1.96. The number of hydrogen-bond donors (Lipinski definition) is 2. The lowest BCUT2D eigenvalue weighted by Crippen LogP contribution is -2.44. The van der Waals surface area contributed by atoms with E-state index in [0.29, 0.717) is 18.4 Å². The van der Waals surface area contributed by atoms with E-state index in [-0.39, 0.29) is 17.9 Å². The van der Waals surface area contributed by atoms with Crippen molar-refractivity contribution >= 4 is 22.9 Å². The maximum Gasteiger partial charge on any atom is 0.225 e. The monoisotopic (exact) mass is 392 g/mol. The van der Waals surface area contributed by atoms with Crippen LogP contribution in [0, 0.1) is 11.8 Å². The smallest absolute Gasteiger partial charge is 0.225 e. The van der Waals surface area contributed by atoms with Gasteiger partial charge >= 0.3 is 0 Å². The molecule has 2 N–H and O–H groups in total. The lowest BCUT2D eigenvalue weighted by atomic mass is 9.96. The number of imidazole rings is 1. The van der Waals surface area contributed by atoms with Crippen LogP contribution < -0.4 is 10.2 Å². The van der Waals surface area contributed by atoms with E-state index in [1.807, 2.05) is 30.3 Å². The number of nitrogens with zero attached hydrogens (tertiary/aromatic N) is 4. The number of nitrogens with one attached hydrogen (secondary N) is 2. The summed E-state index contributed by atoms with van der Waals surface area (Å²) in [6.45, 7) is 5.85. The van der Waals surface area contributed by atoms with Gasteiger partial charge in [0.05, 0.1) is 23.0 Å². The van der Waals surface area contributed by atoms with Crippen molar-refractivity contribution in [3.63, 3.8) is 0 Å². The highest BCUT2D eigenvalue weighted by atomic mass is 16.2. The van der Waals surface area contributed by atoms with E-state index in [9.17, 15) is 4.79 Å². The van der Waals surface area contributed by atoms with Gasteiger partial charge in [-0.25, -0.2) is 15.0 Å². The summed E-state index contributed by atoms with van der Waals surface area (Å²) in [7, 11) is 0. The first kappa shape index (κ1) is 19.4. The summed E-state index contributed by atoms with van der Waals surface area (Å²) >= 11 is 0. The highest BCUT2D eigenvalue weighted by Gasteiger charge is 2.29. The molecule has 1 amide bonds. The van der Waals surface area contributed by atoms with Gasteiger partial charge in [0.2, 0.25) is 11.9 Å². The van der Waals surface area contributed by atoms with Gasteiger partial charge in [-0.1, -0.05) is 26.0 Å². The Morgan fingerprint density at radius 1 is 1.24 bits per heavy atom. The van der Waals surface area contributed by atoms with Crippen molar-refractivity contribution in [2.24, 2.45) is 11.8 Å². The number of piperidine rings is 1. The van der Waals surface area contributed by atoms with Crippen LogP contribution in [0.25, 0.3) is 11.0 Å². The zero-order chi connectivity index (χ0) is 20.2. The van der Waals surface area contributed by atoms with Crippen molar-refractivity contribution in [1.82, 2.24) is 25.3 Å². The standard InChI is InChI=1S/C22H28N6O/c1-15(2)13-19(20-25-17-8-3-4-9-18(17)26-20)27-21(29)16-7-5-12-28(14-16)22-23-10-6-11-24-22/h3-4,6,8-11,15-16,19H,5,7,12-14H2,1-2H3,(H,25,26)(H,27,29)/t16-,19+/m0/s1. The summed E-state index contributed by atoms with van der Waals surface area (Å²) in [5.41, 5.74) is 1.92. The van der Waals surface area contributed by atoms with Crippen molar-refractivity contribution in [2.45, 2.75) is 39.2 Å². The molecule has 1 saturated heterocycles. The number of benzene rings is 1. The summed E-state index contributed by atoms with van der Waals surface area (Å²) in [4.78, 5) is 32.0. The molecule has 0 aliphatic carbocycles. The third-order valence-electron chi connectivity index (χ3n) is 5.39. The maximum absolute atomic E-state index is 13.1. The molecule has 3 aromatic rings. The van der Waals surface area contributed by atoms with E-state index in [0.717, 1.165) is 42.7 Å². The number of amides is 1. The molecule has 0 radical (unpaired) electrons. The Balaban J connectivity index is 1.48. The van der Waals surface area contributed by atoms with Gasteiger partial charge < -0.3 is 15.2 Å². The first-order chi connectivity index (χ1) is 14.1. The number of carbonyl (C=O) groups excluding carboxylic acids is 1. The number of H-pyrrole nitrogens is 1. The van der Waals surface area contributed by atoms with E-state index in [2.05, 4.69) is 39.0 Å². The Labute approximate surface area is 171 Å². The number of fused-ring (bicyclic) bond motifs is 1. The van der Waals surface area contributed by atoms with Crippen molar-refractivity contribution in [3.05, 3.63) is 48.5 Å². The molecule has 2 aromatic heterocycles. The number of rotatable bonds is 6. The molecule has 3 heterocycles. The molecule has 7 heteroatoms. The van der Waals surface area contributed by atoms with Gasteiger partial charge in [0.25, 0.3) is 0 Å². The maximum atomic E-state index is 13.1.